The van der Waals surface area contributed by atoms with Crippen LogP contribution in [0, 0.1) is 10.1 Å². The molecule has 1 atom stereocenters. The quantitative estimate of drug-likeness (QED) is 0.195. The van der Waals surface area contributed by atoms with Crippen molar-refractivity contribution in [1.29, 1.82) is 0 Å². The predicted molar refractivity (Wildman–Crippen MR) is 116 cm³/mol. The molecule has 1 aromatic heterocycles. The number of ketones is 1. The van der Waals surface area contributed by atoms with Gasteiger partial charge in [0.15, 0.2) is 0 Å². The number of rotatable bonds is 4. The molecule has 0 aliphatic carbocycles. The molecule has 3 aromatic rings. The second-order valence-corrected chi connectivity index (χ2v) is 7.65. The van der Waals surface area contributed by atoms with Crippen LogP contribution in [0.1, 0.15) is 17.2 Å². The van der Waals surface area contributed by atoms with E-state index in [1.165, 1.54) is 35.5 Å². The lowest BCUT2D eigenvalue weighted by Crippen LogP contribution is -2.29. The van der Waals surface area contributed by atoms with Gasteiger partial charge in [-0.1, -0.05) is 40.2 Å². The van der Waals surface area contributed by atoms with Crippen LogP contribution in [-0.2, 0) is 9.59 Å². The van der Waals surface area contributed by atoms with E-state index < -0.39 is 22.7 Å². The number of carbonyl (C=O) groups excluding carboxylic acids is 2. The number of Topliss-reactive ketones (excluding diaryl/α,β-unsaturated/α-hetero) is 1. The molecule has 1 aliphatic rings. The van der Waals surface area contributed by atoms with Gasteiger partial charge in [-0.05, 0) is 29.8 Å². The monoisotopic (exact) mass is 479 g/mol. The van der Waals surface area contributed by atoms with Crippen molar-refractivity contribution in [2.45, 2.75) is 6.04 Å². The maximum Gasteiger partial charge on any atom is 0.300 e. The number of nitrogens with zero attached hydrogens (tertiary/aromatic N) is 3. The lowest BCUT2D eigenvalue weighted by molar-refractivity contribution is -0.384. The van der Waals surface area contributed by atoms with Crippen molar-refractivity contribution in [3.05, 3.63) is 104 Å². The van der Waals surface area contributed by atoms with Crippen LogP contribution in [0.3, 0.4) is 0 Å². The van der Waals surface area contributed by atoms with Gasteiger partial charge in [0.2, 0.25) is 0 Å². The number of nitro groups is 1. The van der Waals surface area contributed by atoms with E-state index in [0.29, 0.717) is 16.8 Å². The highest BCUT2D eigenvalue weighted by molar-refractivity contribution is 9.10. The Kier molecular flexibility index (Phi) is 5.35. The standard InChI is InChI=1S/C22H14BrN3O5/c23-15-8-6-13(7-9-15)20(27)18-19(14-3-1-4-16(11-14)26(30)31)25(22(29)21(18)28)17-5-2-10-24-12-17/h1-12,19,27H/t19-/m0/s1. The zero-order chi connectivity index (χ0) is 22.1. The first-order chi connectivity index (χ1) is 14.9. The normalized spacial score (nSPS) is 17.7. The Labute approximate surface area is 184 Å². The van der Waals surface area contributed by atoms with Gasteiger partial charge in [-0.2, -0.15) is 0 Å². The molecule has 1 fully saturated rings. The van der Waals surface area contributed by atoms with Crippen LogP contribution in [-0.4, -0.2) is 26.7 Å². The number of aliphatic hydroxyl groups excluding tert-OH is 1. The highest BCUT2D eigenvalue weighted by atomic mass is 79.9. The van der Waals surface area contributed by atoms with Gasteiger partial charge in [-0.15, -0.1) is 0 Å². The summed E-state index contributed by atoms with van der Waals surface area (Å²) in [5.74, 6) is -2.11. The molecule has 0 radical (unpaired) electrons. The third-order valence-electron chi connectivity index (χ3n) is 4.88. The number of nitro benzene ring substituents is 1. The van der Waals surface area contributed by atoms with Crippen molar-refractivity contribution < 1.29 is 19.6 Å². The molecule has 1 saturated heterocycles. The fourth-order valence-electron chi connectivity index (χ4n) is 3.48. The van der Waals surface area contributed by atoms with Crippen LogP contribution in [0.25, 0.3) is 5.76 Å². The van der Waals surface area contributed by atoms with Gasteiger partial charge in [0.05, 0.1) is 28.4 Å². The van der Waals surface area contributed by atoms with Gasteiger partial charge in [0.1, 0.15) is 5.76 Å². The number of benzene rings is 2. The van der Waals surface area contributed by atoms with Crippen LogP contribution < -0.4 is 4.90 Å². The van der Waals surface area contributed by atoms with Crippen LogP contribution in [0.2, 0.25) is 0 Å². The maximum absolute atomic E-state index is 13.0. The third-order valence-corrected chi connectivity index (χ3v) is 5.41. The lowest BCUT2D eigenvalue weighted by Gasteiger charge is -2.25. The second-order valence-electron chi connectivity index (χ2n) is 6.74. The fourth-order valence-corrected chi connectivity index (χ4v) is 3.75. The number of amides is 1. The molecule has 0 bridgehead atoms. The molecule has 2 aromatic carbocycles. The first kappa shape index (κ1) is 20.4. The van der Waals surface area contributed by atoms with Crippen LogP contribution in [0.5, 0.6) is 0 Å². The number of pyridine rings is 1. The summed E-state index contributed by atoms with van der Waals surface area (Å²) >= 11 is 3.31. The van der Waals surface area contributed by atoms with Crippen LogP contribution in [0.4, 0.5) is 11.4 Å². The number of aliphatic hydroxyl groups is 1. The molecular weight excluding hydrogens is 466 g/mol. The van der Waals surface area contributed by atoms with E-state index in [1.807, 2.05) is 0 Å². The number of carbonyl (C=O) groups is 2. The van der Waals surface area contributed by atoms with Crippen molar-refractivity contribution in [2.24, 2.45) is 0 Å². The molecule has 1 amide bonds. The summed E-state index contributed by atoms with van der Waals surface area (Å²) in [4.78, 5) is 41.9. The molecule has 4 rings (SSSR count). The minimum absolute atomic E-state index is 0.156. The summed E-state index contributed by atoms with van der Waals surface area (Å²) in [7, 11) is 0. The van der Waals surface area contributed by atoms with Crippen LogP contribution >= 0.6 is 15.9 Å². The zero-order valence-electron chi connectivity index (χ0n) is 15.8. The first-order valence-electron chi connectivity index (χ1n) is 9.10. The average Bonchev–Trinajstić information content (AvgIpc) is 3.05. The predicted octanol–water partition coefficient (Wildman–Crippen LogP) is 4.38. The smallest absolute Gasteiger partial charge is 0.300 e. The van der Waals surface area contributed by atoms with E-state index in [9.17, 15) is 24.8 Å². The van der Waals surface area contributed by atoms with E-state index in [4.69, 9.17) is 0 Å². The highest BCUT2D eigenvalue weighted by Gasteiger charge is 2.47. The third kappa shape index (κ3) is 3.71. The van der Waals surface area contributed by atoms with Crippen molar-refractivity contribution in [2.75, 3.05) is 4.90 Å². The Bertz CT molecular complexity index is 1230. The summed E-state index contributed by atoms with van der Waals surface area (Å²) < 4.78 is 0.773. The SMILES string of the molecule is O=C1C(=O)N(c2cccnc2)[C@@H](c2cccc([N+](=O)[O-])c2)C1=C(O)c1ccc(Br)cc1. The zero-order valence-corrected chi connectivity index (χ0v) is 17.4. The molecule has 0 saturated carbocycles. The fraction of sp³-hybridized carbons (Fsp3) is 0.0455. The highest BCUT2D eigenvalue weighted by Crippen LogP contribution is 2.42. The minimum atomic E-state index is -1.06. The Morgan fingerprint density at radius 3 is 2.48 bits per heavy atom. The number of hydrogen-bond donors (Lipinski definition) is 1. The molecule has 9 heteroatoms. The molecular formula is C22H14BrN3O5. The van der Waals surface area contributed by atoms with Gasteiger partial charge in [-0.25, -0.2) is 0 Å². The van der Waals surface area contributed by atoms with Gasteiger partial charge < -0.3 is 5.11 Å². The molecule has 2 heterocycles. The number of anilines is 1. The van der Waals surface area contributed by atoms with Gasteiger partial charge in [0, 0.05) is 28.4 Å². The number of halogens is 1. The Hall–Kier alpha value is -3.85. The van der Waals surface area contributed by atoms with Crippen molar-refractivity contribution >= 4 is 44.8 Å². The summed E-state index contributed by atoms with van der Waals surface area (Å²) in [6.07, 6.45) is 2.93. The van der Waals surface area contributed by atoms with Crippen molar-refractivity contribution in [3.63, 3.8) is 0 Å². The molecule has 8 nitrogen and oxygen atoms in total. The van der Waals surface area contributed by atoms with E-state index in [1.54, 1.807) is 42.5 Å². The number of non-ortho nitro benzene ring substituents is 1. The van der Waals surface area contributed by atoms with Crippen molar-refractivity contribution in [3.8, 4) is 0 Å². The van der Waals surface area contributed by atoms with E-state index in [2.05, 4.69) is 20.9 Å². The van der Waals surface area contributed by atoms with E-state index >= 15 is 0 Å². The maximum atomic E-state index is 13.0. The summed E-state index contributed by atoms with van der Waals surface area (Å²) in [5.41, 5.74) is 0.629. The van der Waals surface area contributed by atoms with E-state index in [-0.39, 0.29) is 17.0 Å². The Morgan fingerprint density at radius 1 is 1.10 bits per heavy atom. The molecule has 1 aliphatic heterocycles. The molecule has 31 heavy (non-hydrogen) atoms. The van der Waals surface area contributed by atoms with Gasteiger partial charge in [0.25, 0.3) is 17.4 Å². The first-order valence-corrected chi connectivity index (χ1v) is 9.89. The Balaban J connectivity index is 1.96. The topological polar surface area (TPSA) is 114 Å². The summed E-state index contributed by atoms with van der Waals surface area (Å²) in [6.45, 7) is 0. The summed E-state index contributed by atoms with van der Waals surface area (Å²) in [6, 6.07) is 14.4. The van der Waals surface area contributed by atoms with Crippen LogP contribution in [0.15, 0.2) is 83.1 Å². The number of hydrogen-bond acceptors (Lipinski definition) is 6. The Morgan fingerprint density at radius 2 is 1.84 bits per heavy atom. The van der Waals surface area contributed by atoms with Gasteiger partial charge >= 0.3 is 0 Å². The van der Waals surface area contributed by atoms with Gasteiger partial charge in [-0.3, -0.25) is 29.6 Å². The average molecular weight is 480 g/mol. The minimum Gasteiger partial charge on any atom is -0.507 e. The second kappa shape index (κ2) is 8.11. The largest absolute Gasteiger partial charge is 0.507 e. The molecule has 0 unspecified atom stereocenters. The lowest BCUT2D eigenvalue weighted by atomic mass is 9.95. The summed E-state index contributed by atoms with van der Waals surface area (Å²) in [5, 5.41) is 22.3. The molecule has 1 N–H and O–H groups in total. The molecule has 154 valence electrons. The van der Waals surface area contributed by atoms with Crippen molar-refractivity contribution in [1.82, 2.24) is 4.98 Å². The molecule has 0 spiro atoms. The number of aromatic nitrogens is 1. The van der Waals surface area contributed by atoms with E-state index in [0.717, 1.165) is 4.47 Å².